The van der Waals surface area contributed by atoms with Crippen molar-refractivity contribution < 1.29 is 4.74 Å². The lowest BCUT2D eigenvalue weighted by Crippen LogP contribution is -2.10. The van der Waals surface area contributed by atoms with Crippen molar-refractivity contribution in [2.24, 2.45) is 13.0 Å². The van der Waals surface area contributed by atoms with E-state index in [1.54, 1.807) is 0 Å². The Morgan fingerprint density at radius 2 is 2.14 bits per heavy atom. The Labute approximate surface area is 90.9 Å². The van der Waals surface area contributed by atoms with E-state index < -0.39 is 0 Å². The van der Waals surface area contributed by atoms with Gasteiger partial charge in [0.1, 0.15) is 5.69 Å². The van der Waals surface area contributed by atoms with Gasteiger partial charge in [-0.1, -0.05) is 6.92 Å². The van der Waals surface area contributed by atoms with Crippen LogP contribution in [-0.2, 0) is 7.05 Å². The Kier molecular flexibility index (Phi) is 3.86. The molecule has 1 aromatic heterocycles. The van der Waals surface area contributed by atoms with Crippen molar-refractivity contribution in [1.29, 1.82) is 0 Å². The number of aryl methyl sites for hydroxylation is 2. The number of hydrogen-bond acceptors (Lipinski definition) is 3. The molecule has 0 bridgehead atoms. The van der Waals surface area contributed by atoms with Crippen molar-refractivity contribution in [2.75, 3.05) is 12.4 Å². The molecule has 1 unspecified atom stereocenters. The third-order valence-corrected chi connectivity index (χ3v) is 2.89. The molecule has 4 heteroatoms. The van der Waals surface area contributed by atoms with E-state index in [1.165, 1.54) is 0 Å². The van der Waals surface area contributed by atoms with Gasteiger partial charge >= 0.3 is 0 Å². The van der Waals surface area contributed by atoms with Crippen LogP contribution in [0, 0.1) is 19.8 Å². The highest BCUT2D eigenvalue weighted by atomic mass is 32.1. The lowest BCUT2D eigenvalue weighted by molar-refractivity contribution is 0.270. The number of hydrogen-bond donors (Lipinski definition) is 1. The zero-order valence-corrected chi connectivity index (χ0v) is 10.1. The van der Waals surface area contributed by atoms with E-state index in [0.717, 1.165) is 22.9 Å². The first-order chi connectivity index (χ1) is 6.56. The predicted octanol–water partition coefficient (Wildman–Crippen LogP) is 1.98. The summed E-state index contributed by atoms with van der Waals surface area (Å²) < 4.78 is 7.55. The number of rotatable bonds is 4. The SMILES string of the molecule is Cc1nn(C)c(C)c1OCC(C)CS. The molecular formula is C10H18N2OS. The van der Waals surface area contributed by atoms with Gasteiger partial charge in [-0.25, -0.2) is 0 Å². The molecule has 1 heterocycles. The smallest absolute Gasteiger partial charge is 0.162 e. The molecule has 0 radical (unpaired) electrons. The molecule has 80 valence electrons. The minimum absolute atomic E-state index is 0.470. The zero-order valence-electron chi connectivity index (χ0n) is 9.24. The first kappa shape index (κ1) is 11.4. The summed E-state index contributed by atoms with van der Waals surface area (Å²) in [5.41, 5.74) is 2.03. The molecule has 3 nitrogen and oxygen atoms in total. The van der Waals surface area contributed by atoms with Gasteiger partial charge in [0.15, 0.2) is 5.75 Å². The molecule has 0 spiro atoms. The average Bonchev–Trinajstić information content (AvgIpc) is 2.39. The van der Waals surface area contributed by atoms with Gasteiger partial charge in [-0.3, -0.25) is 4.68 Å². The molecule has 0 N–H and O–H groups in total. The van der Waals surface area contributed by atoms with Crippen LogP contribution in [0.4, 0.5) is 0 Å². The Bertz CT molecular complexity index is 309. The van der Waals surface area contributed by atoms with Gasteiger partial charge in [-0.15, -0.1) is 0 Å². The van der Waals surface area contributed by atoms with Crippen LogP contribution in [0.3, 0.4) is 0 Å². The summed E-state index contributed by atoms with van der Waals surface area (Å²) >= 11 is 4.22. The van der Waals surface area contributed by atoms with Crippen molar-refractivity contribution in [3.8, 4) is 5.75 Å². The molecule has 1 rings (SSSR count). The first-order valence-corrected chi connectivity index (χ1v) is 5.43. The van der Waals surface area contributed by atoms with Crippen LogP contribution in [-0.4, -0.2) is 22.1 Å². The van der Waals surface area contributed by atoms with Crippen LogP contribution >= 0.6 is 12.6 Å². The molecule has 0 aliphatic carbocycles. The van der Waals surface area contributed by atoms with Crippen LogP contribution in [0.5, 0.6) is 5.75 Å². The molecule has 0 aromatic carbocycles. The maximum absolute atomic E-state index is 5.71. The van der Waals surface area contributed by atoms with Gasteiger partial charge in [0, 0.05) is 7.05 Å². The summed E-state index contributed by atoms with van der Waals surface area (Å²) in [6.07, 6.45) is 0. The fourth-order valence-electron chi connectivity index (χ4n) is 1.24. The largest absolute Gasteiger partial charge is 0.489 e. The van der Waals surface area contributed by atoms with Gasteiger partial charge in [-0.2, -0.15) is 17.7 Å². The lowest BCUT2D eigenvalue weighted by Gasteiger charge is -2.10. The summed E-state index contributed by atoms with van der Waals surface area (Å²) in [6, 6.07) is 0. The summed E-state index contributed by atoms with van der Waals surface area (Å²) in [6.45, 7) is 6.80. The predicted molar refractivity (Wildman–Crippen MR) is 61.2 cm³/mol. The molecule has 0 aliphatic heterocycles. The molecule has 1 aromatic rings. The molecule has 0 aliphatic rings. The number of nitrogens with zero attached hydrogens (tertiary/aromatic N) is 2. The average molecular weight is 214 g/mol. The van der Waals surface area contributed by atoms with E-state index in [9.17, 15) is 0 Å². The second-order valence-corrected chi connectivity index (χ2v) is 4.09. The van der Waals surface area contributed by atoms with Crippen molar-refractivity contribution in [2.45, 2.75) is 20.8 Å². The molecule has 14 heavy (non-hydrogen) atoms. The van der Waals surface area contributed by atoms with Crippen molar-refractivity contribution in [1.82, 2.24) is 9.78 Å². The van der Waals surface area contributed by atoms with E-state index >= 15 is 0 Å². The maximum Gasteiger partial charge on any atom is 0.162 e. The quantitative estimate of drug-likeness (QED) is 0.776. The van der Waals surface area contributed by atoms with Crippen LogP contribution in [0.1, 0.15) is 18.3 Å². The van der Waals surface area contributed by atoms with Gasteiger partial charge < -0.3 is 4.74 Å². The van der Waals surface area contributed by atoms with Crippen LogP contribution in [0.15, 0.2) is 0 Å². The molecule has 0 fully saturated rings. The molecule has 0 amide bonds. The normalized spacial score (nSPS) is 12.9. The summed E-state index contributed by atoms with van der Waals surface area (Å²) in [5.74, 6) is 2.23. The van der Waals surface area contributed by atoms with Crippen LogP contribution in [0.25, 0.3) is 0 Å². The minimum Gasteiger partial charge on any atom is -0.489 e. The molecule has 0 saturated carbocycles. The third kappa shape index (κ3) is 2.44. The van der Waals surface area contributed by atoms with Crippen molar-refractivity contribution >= 4 is 12.6 Å². The third-order valence-electron chi connectivity index (χ3n) is 2.27. The standard InChI is InChI=1S/C10H18N2OS/c1-7(6-14)5-13-10-8(2)11-12(4)9(10)3/h7,14H,5-6H2,1-4H3. The highest BCUT2D eigenvalue weighted by Gasteiger charge is 2.11. The molecule has 1 atom stereocenters. The van der Waals surface area contributed by atoms with Gasteiger partial charge in [0.05, 0.1) is 12.3 Å². The fraction of sp³-hybridized carbons (Fsp3) is 0.700. The second kappa shape index (κ2) is 4.73. The summed E-state index contributed by atoms with van der Waals surface area (Å²) in [5, 5.41) is 4.29. The van der Waals surface area contributed by atoms with E-state index in [-0.39, 0.29) is 0 Å². The summed E-state index contributed by atoms with van der Waals surface area (Å²) in [4.78, 5) is 0. The number of ether oxygens (including phenoxy) is 1. The monoisotopic (exact) mass is 214 g/mol. The van der Waals surface area contributed by atoms with Crippen molar-refractivity contribution in [3.63, 3.8) is 0 Å². The first-order valence-electron chi connectivity index (χ1n) is 4.80. The van der Waals surface area contributed by atoms with E-state index in [1.807, 2.05) is 25.6 Å². The van der Waals surface area contributed by atoms with Crippen LogP contribution < -0.4 is 4.74 Å². The Hall–Kier alpha value is -0.640. The minimum atomic E-state index is 0.470. The lowest BCUT2D eigenvalue weighted by atomic mass is 10.2. The molecular weight excluding hydrogens is 196 g/mol. The number of aromatic nitrogens is 2. The zero-order chi connectivity index (χ0) is 10.7. The number of thiol groups is 1. The fourth-order valence-corrected chi connectivity index (χ4v) is 1.35. The van der Waals surface area contributed by atoms with Crippen molar-refractivity contribution in [3.05, 3.63) is 11.4 Å². The highest BCUT2D eigenvalue weighted by molar-refractivity contribution is 7.80. The Morgan fingerprint density at radius 1 is 1.50 bits per heavy atom. The van der Waals surface area contributed by atoms with E-state index in [4.69, 9.17) is 4.74 Å². The molecule has 0 saturated heterocycles. The van der Waals surface area contributed by atoms with Gasteiger partial charge in [-0.05, 0) is 25.5 Å². The maximum atomic E-state index is 5.71. The van der Waals surface area contributed by atoms with E-state index in [2.05, 4.69) is 24.7 Å². The van der Waals surface area contributed by atoms with Gasteiger partial charge in [0.25, 0.3) is 0 Å². The topological polar surface area (TPSA) is 27.1 Å². The Morgan fingerprint density at radius 3 is 2.57 bits per heavy atom. The Balaban J connectivity index is 2.67. The summed E-state index contributed by atoms with van der Waals surface area (Å²) in [7, 11) is 1.93. The van der Waals surface area contributed by atoms with Crippen LogP contribution in [0.2, 0.25) is 0 Å². The van der Waals surface area contributed by atoms with Gasteiger partial charge in [0.2, 0.25) is 0 Å². The second-order valence-electron chi connectivity index (χ2n) is 3.72. The highest BCUT2D eigenvalue weighted by Crippen LogP contribution is 2.21. The van der Waals surface area contributed by atoms with E-state index in [0.29, 0.717) is 12.5 Å².